The molecule has 1 aromatic rings. The zero-order valence-corrected chi connectivity index (χ0v) is 12.5. The van der Waals surface area contributed by atoms with E-state index in [4.69, 9.17) is 0 Å². The summed E-state index contributed by atoms with van der Waals surface area (Å²) in [6.07, 6.45) is 0. The number of aromatic nitrogens is 1. The van der Waals surface area contributed by atoms with Gasteiger partial charge < -0.3 is 10.2 Å². The fraction of sp³-hybridized carbons (Fsp3) is 0.615. The summed E-state index contributed by atoms with van der Waals surface area (Å²) >= 11 is 1.56. The molecule has 1 aromatic heterocycles. The molecule has 2 unspecified atom stereocenters. The molecular formula is C13H19N3O2S. The second-order valence-electron chi connectivity index (χ2n) is 5.24. The van der Waals surface area contributed by atoms with Gasteiger partial charge >= 0.3 is 0 Å². The zero-order valence-electron chi connectivity index (χ0n) is 11.6. The van der Waals surface area contributed by atoms with E-state index >= 15 is 0 Å². The van der Waals surface area contributed by atoms with Crippen molar-refractivity contribution < 1.29 is 9.59 Å². The Bertz CT molecular complexity index is 498. The van der Waals surface area contributed by atoms with Crippen molar-refractivity contribution in [2.45, 2.75) is 46.3 Å². The summed E-state index contributed by atoms with van der Waals surface area (Å²) in [5.41, 5.74) is 0.850. The van der Waals surface area contributed by atoms with Crippen LogP contribution >= 0.6 is 11.3 Å². The lowest BCUT2D eigenvalue weighted by Gasteiger charge is -2.39. The Morgan fingerprint density at radius 1 is 1.47 bits per heavy atom. The van der Waals surface area contributed by atoms with E-state index in [1.165, 1.54) is 0 Å². The average Bonchev–Trinajstić information content (AvgIpc) is 2.71. The molecule has 1 saturated heterocycles. The molecule has 0 bridgehead atoms. The lowest BCUT2D eigenvalue weighted by Crippen LogP contribution is -2.63. The second kappa shape index (κ2) is 5.28. The summed E-state index contributed by atoms with van der Waals surface area (Å²) in [7, 11) is 0. The van der Waals surface area contributed by atoms with Crippen LogP contribution in [0.25, 0.3) is 0 Å². The predicted molar refractivity (Wildman–Crippen MR) is 73.6 cm³/mol. The van der Waals surface area contributed by atoms with E-state index in [2.05, 4.69) is 10.3 Å². The Morgan fingerprint density at radius 2 is 2.16 bits per heavy atom. The van der Waals surface area contributed by atoms with Gasteiger partial charge in [-0.3, -0.25) is 9.59 Å². The summed E-state index contributed by atoms with van der Waals surface area (Å²) in [4.78, 5) is 30.4. The Balaban J connectivity index is 2.25. The van der Waals surface area contributed by atoms with Crippen LogP contribution < -0.4 is 5.32 Å². The molecular weight excluding hydrogens is 262 g/mol. The fourth-order valence-corrected chi connectivity index (χ4v) is 2.99. The van der Waals surface area contributed by atoms with Crippen LogP contribution in [-0.4, -0.2) is 33.8 Å². The number of hydrogen-bond donors (Lipinski definition) is 1. The zero-order chi connectivity index (χ0) is 14.2. The summed E-state index contributed by atoms with van der Waals surface area (Å²) < 4.78 is 0. The van der Waals surface area contributed by atoms with Gasteiger partial charge in [-0.2, -0.15) is 0 Å². The van der Waals surface area contributed by atoms with Gasteiger partial charge in [0.15, 0.2) is 0 Å². The van der Waals surface area contributed by atoms with Crippen molar-refractivity contribution in [1.29, 1.82) is 0 Å². The first-order valence-electron chi connectivity index (χ1n) is 6.42. The number of amides is 2. The molecule has 0 aliphatic carbocycles. The smallest absolute Gasteiger partial charge is 0.245 e. The minimum atomic E-state index is -0.456. The molecule has 1 fully saturated rings. The van der Waals surface area contributed by atoms with Crippen LogP contribution in [-0.2, 0) is 16.1 Å². The lowest BCUT2D eigenvalue weighted by molar-refractivity contribution is -0.151. The molecule has 0 radical (unpaired) electrons. The standard InChI is InChI=1S/C13H19N3O2S/c1-7(2)11-12(17)14-8(3)13(18)16(11)5-10-6-19-9(4)15-10/h6-8,11H,5H2,1-4H3,(H,14,17). The maximum absolute atomic E-state index is 12.3. The molecule has 0 saturated carbocycles. The van der Waals surface area contributed by atoms with Crippen molar-refractivity contribution in [3.8, 4) is 0 Å². The molecule has 1 aliphatic heterocycles. The first-order valence-corrected chi connectivity index (χ1v) is 7.30. The molecule has 0 spiro atoms. The number of aryl methyl sites for hydroxylation is 1. The van der Waals surface area contributed by atoms with Crippen molar-refractivity contribution in [1.82, 2.24) is 15.2 Å². The largest absolute Gasteiger partial charge is 0.343 e. The first-order chi connectivity index (χ1) is 8.90. The molecule has 19 heavy (non-hydrogen) atoms. The molecule has 2 atom stereocenters. The topological polar surface area (TPSA) is 62.3 Å². The van der Waals surface area contributed by atoms with E-state index in [0.29, 0.717) is 6.54 Å². The van der Waals surface area contributed by atoms with Gasteiger partial charge in [-0.25, -0.2) is 4.98 Å². The van der Waals surface area contributed by atoms with Gasteiger partial charge in [0.1, 0.15) is 12.1 Å². The van der Waals surface area contributed by atoms with E-state index < -0.39 is 12.1 Å². The molecule has 2 rings (SSSR count). The number of hydrogen-bond acceptors (Lipinski definition) is 4. The van der Waals surface area contributed by atoms with Crippen LogP contribution in [0.1, 0.15) is 31.5 Å². The fourth-order valence-electron chi connectivity index (χ4n) is 2.38. The third-order valence-electron chi connectivity index (χ3n) is 3.25. The number of nitrogens with zero attached hydrogens (tertiary/aromatic N) is 2. The van der Waals surface area contributed by atoms with Gasteiger partial charge in [-0.1, -0.05) is 13.8 Å². The second-order valence-corrected chi connectivity index (χ2v) is 6.31. The molecule has 104 valence electrons. The van der Waals surface area contributed by atoms with Gasteiger partial charge in [0.05, 0.1) is 17.2 Å². The van der Waals surface area contributed by atoms with Crippen molar-refractivity contribution in [3.63, 3.8) is 0 Å². The SMILES string of the molecule is Cc1nc(CN2C(=O)C(C)NC(=O)C2C(C)C)cs1. The van der Waals surface area contributed by atoms with Gasteiger partial charge in [0.2, 0.25) is 11.8 Å². The monoisotopic (exact) mass is 281 g/mol. The van der Waals surface area contributed by atoms with Crippen molar-refractivity contribution >= 4 is 23.2 Å². The highest BCUT2D eigenvalue weighted by Crippen LogP contribution is 2.21. The third-order valence-corrected chi connectivity index (χ3v) is 4.07. The number of rotatable bonds is 3. The van der Waals surface area contributed by atoms with Crippen LogP contribution in [0.15, 0.2) is 5.38 Å². The lowest BCUT2D eigenvalue weighted by atomic mass is 9.97. The molecule has 1 N–H and O–H groups in total. The molecule has 1 aliphatic rings. The Morgan fingerprint density at radius 3 is 2.68 bits per heavy atom. The molecule has 2 amide bonds. The predicted octanol–water partition coefficient (Wildman–Crippen LogP) is 1.32. The highest BCUT2D eigenvalue weighted by atomic mass is 32.1. The van der Waals surface area contributed by atoms with Gasteiger partial charge in [0.25, 0.3) is 0 Å². The number of thiazole rings is 1. The molecule has 2 heterocycles. The molecule has 6 heteroatoms. The highest BCUT2D eigenvalue weighted by molar-refractivity contribution is 7.09. The van der Waals surface area contributed by atoms with Crippen LogP contribution in [0.2, 0.25) is 0 Å². The molecule has 0 aromatic carbocycles. The van der Waals surface area contributed by atoms with E-state index in [1.807, 2.05) is 26.2 Å². The Hall–Kier alpha value is -1.43. The van der Waals surface area contributed by atoms with Crippen molar-refractivity contribution in [3.05, 3.63) is 16.1 Å². The average molecular weight is 281 g/mol. The van der Waals surface area contributed by atoms with E-state index in [1.54, 1.807) is 23.2 Å². The summed E-state index contributed by atoms with van der Waals surface area (Å²) in [5, 5.41) is 5.65. The third kappa shape index (κ3) is 2.78. The highest BCUT2D eigenvalue weighted by Gasteiger charge is 2.40. The van der Waals surface area contributed by atoms with E-state index in [0.717, 1.165) is 10.7 Å². The Kier molecular flexibility index (Phi) is 3.89. The number of piperazine rings is 1. The van der Waals surface area contributed by atoms with Gasteiger partial charge in [-0.05, 0) is 19.8 Å². The van der Waals surface area contributed by atoms with Crippen molar-refractivity contribution in [2.75, 3.05) is 0 Å². The first kappa shape index (κ1) is 14.0. The van der Waals surface area contributed by atoms with Gasteiger partial charge in [0, 0.05) is 5.38 Å². The maximum Gasteiger partial charge on any atom is 0.245 e. The van der Waals surface area contributed by atoms with Crippen LogP contribution in [0.3, 0.4) is 0 Å². The van der Waals surface area contributed by atoms with Crippen molar-refractivity contribution in [2.24, 2.45) is 5.92 Å². The number of carbonyl (C=O) groups excluding carboxylic acids is 2. The van der Waals surface area contributed by atoms with E-state index in [9.17, 15) is 9.59 Å². The maximum atomic E-state index is 12.3. The Labute approximate surface area is 117 Å². The van der Waals surface area contributed by atoms with Crippen LogP contribution in [0.5, 0.6) is 0 Å². The number of carbonyl (C=O) groups is 2. The number of nitrogens with one attached hydrogen (secondary N) is 1. The van der Waals surface area contributed by atoms with E-state index in [-0.39, 0.29) is 17.7 Å². The molecule has 5 nitrogen and oxygen atoms in total. The summed E-state index contributed by atoms with van der Waals surface area (Å²) in [6, 6.07) is -0.868. The minimum absolute atomic E-state index is 0.0380. The summed E-state index contributed by atoms with van der Waals surface area (Å²) in [5.74, 6) is -0.0332. The quantitative estimate of drug-likeness (QED) is 0.909. The minimum Gasteiger partial charge on any atom is -0.343 e. The van der Waals surface area contributed by atoms with Gasteiger partial charge in [-0.15, -0.1) is 11.3 Å². The van der Waals surface area contributed by atoms with Crippen LogP contribution in [0.4, 0.5) is 0 Å². The normalized spacial score (nSPS) is 23.9. The summed E-state index contributed by atoms with van der Waals surface area (Å²) in [6.45, 7) is 7.96. The van der Waals surface area contributed by atoms with Crippen LogP contribution in [0, 0.1) is 12.8 Å².